The summed E-state index contributed by atoms with van der Waals surface area (Å²) < 4.78 is 2.55. The average Bonchev–Trinajstić information content (AvgIpc) is 3.66. The summed E-state index contributed by atoms with van der Waals surface area (Å²) in [6.45, 7) is 0. The largest absolute Gasteiger partial charge is 0.208 e. The molecule has 0 spiro atoms. The van der Waals surface area contributed by atoms with E-state index in [0.717, 1.165) is 33.4 Å². The zero-order valence-electron chi connectivity index (χ0n) is 29.8. The first-order valence-electron chi connectivity index (χ1n) is 18.4. The molecular weight excluding hydrogens is 687 g/mol. The number of hydrogen-bond donors (Lipinski definition) is 0. The van der Waals surface area contributed by atoms with Crippen molar-refractivity contribution in [2.45, 2.75) is 0 Å². The van der Waals surface area contributed by atoms with Gasteiger partial charge in [-0.2, -0.15) is 0 Å². The standard InChI is InChI=1S/C51H33N3S/c1-5-16-34(17-6-1)38-24-13-26-40(30-38)50-52-49(37-22-11-4-12-23-37)53-51(54-50)41-27-14-25-39(31-41)43-28-15-29-44-46-33-42(35-18-7-2-8-19-35)32-45(48(46)55-47(43)44)36-20-9-3-10-21-36/h1-33H. The number of hydrogen-bond acceptors (Lipinski definition) is 4. The molecule has 10 aromatic rings. The Morgan fingerprint density at radius 1 is 0.255 bits per heavy atom. The highest BCUT2D eigenvalue weighted by atomic mass is 32.1. The summed E-state index contributed by atoms with van der Waals surface area (Å²) in [6.07, 6.45) is 0. The molecule has 55 heavy (non-hydrogen) atoms. The second-order valence-electron chi connectivity index (χ2n) is 13.6. The van der Waals surface area contributed by atoms with E-state index in [9.17, 15) is 0 Å². The van der Waals surface area contributed by atoms with E-state index < -0.39 is 0 Å². The molecule has 0 radical (unpaired) electrons. The quantitative estimate of drug-likeness (QED) is 0.165. The molecule has 0 aliphatic rings. The van der Waals surface area contributed by atoms with Gasteiger partial charge in [-0.25, -0.2) is 15.0 Å². The molecule has 8 aromatic carbocycles. The highest BCUT2D eigenvalue weighted by Gasteiger charge is 2.18. The van der Waals surface area contributed by atoms with E-state index in [1.54, 1.807) is 0 Å². The van der Waals surface area contributed by atoms with Gasteiger partial charge in [0.15, 0.2) is 17.5 Å². The molecule has 0 atom stereocenters. The van der Waals surface area contributed by atoms with Crippen molar-refractivity contribution in [2.75, 3.05) is 0 Å². The van der Waals surface area contributed by atoms with Crippen molar-refractivity contribution in [1.29, 1.82) is 0 Å². The number of fused-ring (bicyclic) bond motifs is 3. The van der Waals surface area contributed by atoms with Gasteiger partial charge in [0.2, 0.25) is 0 Å². The Bertz CT molecular complexity index is 2960. The van der Waals surface area contributed by atoms with Gasteiger partial charge in [-0.3, -0.25) is 0 Å². The second-order valence-corrected chi connectivity index (χ2v) is 14.6. The molecule has 2 heterocycles. The Hall–Kier alpha value is -7.01. The van der Waals surface area contributed by atoms with Crippen LogP contribution in [0.15, 0.2) is 200 Å². The number of benzene rings is 8. The molecule has 0 aliphatic carbocycles. The van der Waals surface area contributed by atoms with Crippen LogP contribution >= 0.6 is 11.3 Å². The zero-order valence-corrected chi connectivity index (χ0v) is 30.6. The maximum absolute atomic E-state index is 5.13. The number of thiophene rings is 1. The van der Waals surface area contributed by atoms with Gasteiger partial charge in [-0.05, 0) is 63.2 Å². The predicted molar refractivity (Wildman–Crippen MR) is 231 cm³/mol. The van der Waals surface area contributed by atoms with E-state index in [1.807, 2.05) is 35.6 Å². The molecule has 0 bridgehead atoms. The van der Waals surface area contributed by atoms with Crippen LogP contribution in [-0.2, 0) is 0 Å². The molecule has 10 rings (SSSR count). The van der Waals surface area contributed by atoms with Crippen LogP contribution in [0.4, 0.5) is 0 Å². The maximum Gasteiger partial charge on any atom is 0.164 e. The van der Waals surface area contributed by atoms with Crippen LogP contribution in [0.3, 0.4) is 0 Å². The summed E-state index contributed by atoms with van der Waals surface area (Å²) in [7, 11) is 0. The molecule has 0 unspecified atom stereocenters. The summed E-state index contributed by atoms with van der Waals surface area (Å²) in [5, 5.41) is 2.52. The van der Waals surface area contributed by atoms with Gasteiger partial charge in [0.1, 0.15) is 0 Å². The SMILES string of the molecule is c1ccc(-c2cccc(-c3nc(-c4ccccc4)nc(-c4cccc(-c5cccc6c5sc5c(-c7ccccc7)cc(-c7ccccc7)cc56)c4)n3)c2)cc1. The molecule has 2 aromatic heterocycles. The van der Waals surface area contributed by atoms with Crippen molar-refractivity contribution in [3.8, 4) is 78.7 Å². The smallest absolute Gasteiger partial charge is 0.164 e. The van der Waals surface area contributed by atoms with Crippen molar-refractivity contribution < 1.29 is 0 Å². The molecule has 4 heteroatoms. The lowest BCUT2D eigenvalue weighted by molar-refractivity contribution is 1.07. The fourth-order valence-corrected chi connectivity index (χ4v) is 8.75. The third kappa shape index (κ3) is 6.29. The highest BCUT2D eigenvalue weighted by Crippen LogP contribution is 2.46. The Morgan fingerprint density at radius 2 is 0.691 bits per heavy atom. The van der Waals surface area contributed by atoms with E-state index in [1.165, 1.54) is 48.0 Å². The van der Waals surface area contributed by atoms with Crippen molar-refractivity contribution >= 4 is 31.5 Å². The monoisotopic (exact) mass is 719 g/mol. The van der Waals surface area contributed by atoms with Gasteiger partial charge >= 0.3 is 0 Å². The third-order valence-corrected chi connectivity index (χ3v) is 11.4. The number of rotatable bonds is 7. The number of aromatic nitrogens is 3. The van der Waals surface area contributed by atoms with Gasteiger partial charge in [0, 0.05) is 42.4 Å². The highest BCUT2D eigenvalue weighted by molar-refractivity contribution is 7.26. The van der Waals surface area contributed by atoms with Gasteiger partial charge in [0.25, 0.3) is 0 Å². The van der Waals surface area contributed by atoms with Crippen molar-refractivity contribution in [3.05, 3.63) is 200 Å². The molecule has 0 N–H and O–H groups in total. The van der Waals surface area contributed by atoms with Crippen LogP contribution in [-0.4, -0.2) is 15.0 Å². The Morgan fingerprint density at radius 3 is 1.31 bits per heavy atom. The van der Waals surface area contributed by atoms with Gasteiger partial charge in [-0.15, -0.1) is 11.3 Å². The van der Waals surface area contributed by atoms with Crippen molar-refractivity contribution in [1.82, 2.24) is 15.0 Å². The first-order chi connectivity index (χ1) is 27.2. The zero-order chi connectivity index (χ0) is 36.6. The van der Waals surface area contributed by atoms with Crippen molar-refractivity contribution in [2.24, 2.45) is 0 Å². The average molecular weight is 720 g/mol. The predicted octanol–water partition coefficient (Wildman–Crippen LogP) is 13.9. The topological polar surface area (TPSA) is 38.7 Å². The summed E-state index contributed by atoms with van der Waals surface area (Å²) in [4.78, 5) is 15.2. The minimum Gasteiger partial charge on any atom is -0.208 e. The minimum atomic E-state index is 0.637. The van der Waals surface area contributed by atoms with Crippen LogP contribution in [0.2, 0.25) is 0 Å². The Kier molecular flexibility index (Phi) is 8.36. The Balaban J connectivity index is 1.12. The number of nitrogens with zero attached hydrogens (tertiary/aromatic N) is 3. The fourth-order valence-electron chi connectivity index (χ4n) is 7.40. The lowest BCUT2D eigenvalue weighted by Crippen LogP contribution is -2.00. The molecular formula is C51H33N3S. The molecule has 0 fully saturated rings. The normalized spacial score (nSPS) is 11.3. The van der Waals surface area contributed by atoms with E-state index in [0.29, 0.717) is 17.5 Å². The van der Waals surface area contributed by atoms with Crippen LogP contribution in [0, 0.1) is 0 Å². The molecule has 0 amide bonds. The van der Waals surface area contributed by atoms with Gasteiger partial charge in [0.05, 0.1) is 0 Å². The summed E-state index contributed by atoms with van der Waals surface area (Å²) >= 11 is 1.87. The molecule has 0 aliphatic heterocycles. The Labute approximate surface area is 323 Å². The fraction of sp³-hybridized carbons (Fsp3) is 0. The van der Waals surface area contributed by atoms with Gasteiger partial charge in [-0.1, -0.05) is 176 Å². The molecule has 3 nitrogen and oxygen atoms in total. The third-order valence-electron chi connectivity index (χ3n) is 10.1. The summed E-state index contributed by atoms with van der Waals surface area (Å²) in [5.74, 6) is 1.92. The molecule has 258 valence electrons. The summed E-state index contributed by atoms with van der Waals surface area (Å²) in [5.41, 5.74) is 12.3. The molecule has 0 saturated heterocycles. The van der Waals surface area contributed by atoms with Gasteiger partial charge < -0.3 is 0 Å². The van der Waals surface area contributed by atoms with Crippen molar-refractivity contribution in [3.63, 3.8) is 0 Å². The van der Waals surface area contributed by atoms with Crippen LogP contribution < -0.4 is 0 Å². The first kappa shape index (κ1) is 32.6. The lowest BCUT2D eigenvalue weighted by atomic mass is 9.95. The van der Waals surface area contributed by atoms with E-state index in [-0.39, 0.29) is 0 Å². The van der Waals surface area contributed by atoms with E-state index in [4.69, 9.17) is 15.0 Å². The van der Waals surface area contributed by atoms with E-state index in [2.05, 4.69) is 176 Å². The van der Waals surface area contributed by atoms with E-state index >= 15 is 0 Å². The lowest BCUT2D eigenvalue weighted by Gasteiger charge is -2.11. The maximum atomic E-state index is 5.13. The second kappa shape index (κ2) is 14.1. The minimum absolute atomic E-state index is 0.637. The van der Waals surface area contributed by atoms with Crippen LogP contribution in [0.1, 0.15) is 0 Å². The summed E-state index contributed by atoms with van der Waals surface area (Å²) in [6, 6.07) is 70.4. The first-order valence-corrected chi connectivity index (χ1v) is 19.3. The molecule has 0 saturated carbocycles. The van der Waals surface area contributed by atoms with Crippen LogP contribution in [0.5, 0.6) is 0 Å². The van der Waals surface area contributed by atoms with Crippen LogP contribution in [0.25, 0.3) is 98.8 Å².